The highest BCUT2D eigenvalue weighted by atomic mass is 16.3. The molecule has 0 saturated carbocycles. The van der Waals surface area contributed by atoms with Crippen molar-refractivity contribution in [3.63, 3.8) is 0 Å². The second-order valence-corrected chi connectivity index (χ2v) is 9.41. The van der Waals surface area contributed by atoms with Crippen LogP contribution in [0, 0.1) is 0 Å². The maximum atomic E-state index is 12.8. The van der Waals surface area contributed by atoms with Gasteiger partial charge in [0.25, 0.3) is 5.91 Å². The number of aliphatic hydroxyl groups excluding tert-OH is 1. The van der Waals surface area contributed by atoms with E-state index in [9.17, 15) is 9.90 Å². The Morgan fingerprint density at radius 2 is 1.77 bits per heavy atom. The quantitative estimate of drug-likeness (QED) is 0.433. The molecule has 174 valence electrons. The van der Waals surface area contributed by atoms with E-state index in [0.29, 0.717) is 18.1 Å². The first-order chi connectivity index (χ1) is 17.1. The largest absolute Gasteiger partial charge is 0.384 e. The summed E-state index contributed by atoms with van der Waals surface area (Å²) >= 11 is 0. The van der Waals surface area contributed by atoms with Gasteiger partial charge in [-0.1, -0.05) is 30.3 Å². The van der Waals surface area contributed by atoms with Gasteiger partial charge < -0.3 is 20.3 Å². The Kier molecular flexibility index (Phi) is 4.36. The van der Waals surface area contributed by atoms with Crippen LogP contribution in [-0.2, 0) is 19.6 Å². The fourth-order valence-corrected chi connectivity index (χ4v) is 5.44. The molecular weight excluding hydrogens is 440 g/mol. The van der Waals surface area contributed by atoms with Crippen LogP contribution in [0.1, 0.15) is 44.5 Å². The van der Waals surface area contributed by atoms with Crippen molar-refractivity contribution in [2.45, 2.75) is 31.8 Å². The number of aromatic nitrogens is 2. The maximum Gasteiger partial charge on any atom is 0.258 e. The lowest BCUT2D eigenvalue weighted by molar-refractivity contribution is 0.0996. The molecule has 2 unspecified atom stereocenters. The number of aliphatic hydroxyl groups is 1. The van der Waals surface area contributed by atoms with E-state index in [2.05, 4.69) is 27.5 Å². The molecule has 7 rings (SSSR count). The Hall–Kier alpha value is -4.01. The van der Waals surface area contributed by atoms with Gasteiger partial charge in [0.2, 0.25) is 0 Å². The van der Waals surface area contributed by atoms with Gasteiger partial charge in [0, 0.05) is 37.0 Å². The van der Waals surface area contributed by atoms with Crippen molar-refractivity contribution in [2.24, 2.45) is 5.10 Å². The van der Waals surface area contributed by atoms with Crippen LogP contribution in [0.2, 0.25) is 0 Å². The summed E-state index contributed by atoms with van der Waals surface area (Å²) < 4.78 is 0. The number of anilines is 1. The Morgan fingerprint density at radius 3 is 2.57 bits per heavy atom. The summed E-state index contributed by atoms with van der Waals surface area (Å²) in [6, 6.07) is 19.2. The number of carbonyl (C=O) groups is 1. The van der Waals surface area contributed by atoms with Crippen molar-refractivity contribution < 1.29 is 9.90 Å². The molecule has 1 amide bonds. The van der Waals surface area contributed by atoms with Crippen molar-refractivity contribution in [3.05, 3.63) is 94.3 Å². The summed E-state index contributed by atoms with van der Waals surface area (Å²) in [5.41, 5.74) is 8.45. The van der Waals surface area contributed by atoms with E-state index in [1.807, 2.05) is 55.6 Å². The Labute approximate surface area is 201 Å². The van der Waals surface area contributed by atoms with Gasteiger partial charge in [-0.05, 0) is 47.0 Å². The smallest absolute Gasteiger partial charge is 0.258 e. The molecule has 0 bridgehead atoms. The first-order valence-electron chi connectivity index (χ1n) is 11.8. The average Bonchev–Trinajstić information content (AvgIpc) is 3.63. The fraction of sp³-hybridized carbons (Fsp3) is 0.222. The highest BCUT2D eigenvalue weighted by Crippen LogP contribution is 2.34. The van der Waals surface area contributed by atoms with Crippen LogP contribution in [0.3, 0.4) is 0 Å². The molecule has 8 heteroatoms. The van der Waals surface area contributed by atoms with Crippen LogP contribution in [0.25, 0.3) is 11.0 Å². The number of aromatic amines is 1. The van der Waals surface area contributed by atoms with Gasteiger partial charge in [0.15, 0.2) is 0 Å². The third-order valence-corrected chi connectivity index (χ3v) is 7.28. The fourth-order valence-electron chi connectivity index (χ4n) is 5.44. The molecule has 4 heterocycles. The predicted octanol–water partition coefficient (Wildman–Crippen LogP) is 3.08. The number of hydrogen-bond donors (Lipinski definition) is 3. The molecule has 0 spiro atoms. The summed E-state index contributed by atoms with van der Waals surface area (Å²) in [6.45, 7) is 2.29. The lowest BCUT2D eigenvalue weighted by Crippen LogP contribution is -2.29. The maximum absolute atomic E-state index is 12.8. The number of nitrogens with zero attached hydrogens (tertiary/aromatic N) is 4. The van der Waals surface area contributed by atoms with Crippen LogP contribution in [0.15, 0.2) is 65.8 Å². The summed E-state index contributed by atoms with van der Waals surface area (Å²) in [5.74, 6) is 0.709. The zero-order chi connectivity index (χ0) is 23.7. The molecule has 2 atom stereocenters. The van der Waals surface area contributed by atoms with E-state index in [1.54, 1.807) is 9.91 Å². The van der Waals surface area contributed by atoms with Gasteiger partial charge in [-0.25, -0.2) is 4.98 Å². The molecule has 3 aromatic carbocycles. The predicted molar refractivity (Wildman–Crippen MR) is 133 cm³/mol. The first kappa shape index (κ1) is 20.4. The molecule has 8 nitrogen and oxygen atoms in total. The van der Waals surface area contributed by atoms with Crippen molar-refractivity contribution in [3.8, 4) is 0 Å². The zero-order valence-corrected chi connectivity index (χ0v) is 19.2. The number of benzene rings is 3. The van der Waals surface area contributed by atoms with Crippen LogP contribution in [0.4, 0.5) is 5.69 Å². The van der Waals surface area contributed by atoms with Gasteiger partial charge in [-0.2, -0.15) is 5.10 Å². The lowest BCUT2D eigenvalue weighted by Gasteiger charge is -2.19. The van der Waals surface area contributed by atoms with Gasteiger partial charge >= 0.3 is 0 Å². The normalized spacial score (nSPS) is 21.1. The number of fused-ring (bicyclic) bond motifs is 3. The Balaban J connectivity index is 1.14. The molecule has 0 fully saturated rings. The lowest BCUT2D eigenvalue weighted by atomic mass is 10.00. The van der Waals surface area contributed by atoms with Crippen LogP contribution in [-0.4, -0.2) is 44.9 Å². The minimum atomic E-state index is -0.836. The number of rotatable bonds is 3. The number of amides is 1. The molecule has 0 radical (unpaired) electrons. The monoisotopic (exact) mass is 464 g/mol. The molecule has 3 N–H and O–H groups in total. The summed E-state index contributed by atoms with van der Waals surface area (Å²) in [4.78, 5) is 22.8. The number of nitrogens with one attached hydrogen (secondary N) is 2. The van der Waals surface area contributed by atoms with E-state index in [4.69, 9.17) is 4.98 Å². The van der Waals surface area contributed by atoms with Gasteiger partial charge in [0.05, 0.1) is 23.3 Å². The molecule has 3 aliphatic heterocycles. The van der Waals surface area contributed by atoms with E-state index in [1.165, 1.54) is 11.1 Å². The van der Waals surface area contributed by atoms with Crippen LogP contribution < -0.4 is 10.2 Å². The third-order valence-electron chi connectivity index (χ3n) is 7.28. The van der Waals surface area contributed by atoms with Crippen LogP contribution in [0.5, 0.6) is 0 Å². The Morgan fingerprint density at radius 1 is 1.00 bits per heavy atom. The zero-order valence-electron chi connectivity index (χ0n) is 19.2. The molecule has 35 heavy (non-hydrogen) atoms. The molecular formula is C27H24N6O2. The SMILES string of the molecule is CN1N=C(c2ccc(N3Cc4ccccc4C3=O)cc2)C(O)C1c1nc2cc3c(cc2[nH]1)CNC3. The second-order valence-electron chi connectivity index (χ2n) is 9.41. The summed E-state index contributed by atoms with van der Waals surface area (Å²) in [6.07, 6.45) is -0.836. The average molecular weight is 465 g/mol. The Bertz CT molecular complexity index is 1480. The molecule has 3 aliphatic rings. The van der Waals surface area contributed by atoms with E-state index >= 15 is 0 Å². The number of H-pyrrole nitrogens is 1. The molecule has 4 aromatic rings. The van der Waals surface area contributed by atoms with Gasteiger partial charge in [0.1, 0.15) is 18.0 Å². The summed E-state index contributed by atoms with van der Waals surface area (Å²) in [5, 5.41) is 21.0. The molecule has 1 aromatic heterocycles. The van der Waals surface area contributed by atoms with Gasteiger partial charge in [-0.3, -0.25) is 9.80 Å². The highest BCUT2D eigenvalue weighted by molar-refractivity contribution is 6.10. The number of imidazole rings is 1. The third kappa shape index (κ3) is 3.10. The first-order valence-corrected chi connectivity index (χ1v) is 11.8. The highest BCUT2D eigenvalue weighted by Gasteiger charge is 2.38. The second kappa shape index (κ2) is 7.49. The van der Waals surface area contributed by atoms with E-state index in [0.717, 1.165) is 46.5 Å². The summed E-state index contributed by atoms with van der Waals surface area (Å²) in [7, 11) is 1.85. The van der Waals surface area contributed by atoms with Crippen molar-refractivity contribution >= 4 is 28.3 Å². The minimum absolute atomic E-state index is 0.0121. The molecule has 0 saturated heterocycles. The van der Waals surface area contributed by atoms with Crippen LogP contribution >= 0.6 is 0 Å². The van der Waals surface area contributed by atoms with E-state index in [-0.39, 0.29) is 5.91 Å². The minimum Gasteiger partial charge on any atom is -0.384 e. The number of hydrazone groups is 1. The number of likely N-dealkylation sites (N-methyl/N-ethyl adjacent to an activating group) is 1. The standard InChI is InChI=1S/C27H24N6O2/c1-32-24(26-29-21-10-17-12-28-13-18(17)11-22(21)30-26)25(34)23(31-32)15-6-8-19(9-7-15)33-14-16-4-2-3-5-20(16)27(33)35/h2-11,24-25,28,34H,12-14H2,1H3,(H,29,30). The van der Waals surface area contributed by atoms with Crippen molar-refractivity contribution in [1.82, 2.24) is 20.3 Å². The van der Waals surface area contributed by atoms with E-state index < -0.39 is 12.1 Å². The topological polar surface area (TPSA) is 96.8 Å². The number of hydrogen-bond acceptors (Lipinski definition) is 6. The van der Waals surface area contributed by atoms with Gasteiger partial charge in [-0.15, -0.1) is 0 Å². The van der Waals surface area contributed by atoms with Crippen molar-refractivity contribution in [2.75, 3.05) is 11.9 Å². The van der Waals surface area contributed by atoms with Crippen molar-refractivity contribution in [1.29, 1.82) is 0 Å². The number of carbonyl (C=O) groups excluding carboxylic acids is 1. The molecule has 0 aliphatic carbocycles.